The van der Waals surface area contributed by atoms with E-state index in [2.05, 4.69) is 0 Å². The summed E-state index contributed by atoms with van der Waals surface area (Å²) in [4.78, 5) is 19.8. The normalized spacial score (nSPS) is 8.12. The SMILES string of the molecule is O=C(O)NC(=O)CI. The van der Waals surface area contributed by atoms with Gasteiger partial charge in [-0.15, -0.1) is 0 Å². The third kappa shape index (κ3) is 3.85. The number of carbonyl (C=O) groups is 2. The molecule has 0 spiro atoms. The number of halogens is 1. The molecule has 0 saturated heterocycles. The van der Waals surface area contributed by atoms with Crippen LogP contribution >= 0.6 is 22.6 Å². The lowest BCUT2D eigenvalue weighted by Gasteiger charge is -1.90. The quantitative estimate of drug-likeness (QED) is 0.499. The molecular formula is C3H4INO3. The van der Waals surface area contributed by atoms with Crippen LogP contribution < -0.4 is 5.32 Å². The van der Waals surface area contributed by atoms with Crippen LogP contribution in [0.4, 0.5) is 4.79 Å². The summed E-state index contributed by atoms with van der Waals surface area (Å²) in [6.45, 7) is 0. The Kier molecular flexibility index (Phi) is 3.49. The van der Waals surface area contributed by atoms with Gasteiger partial charge in [-0.25, -0.2) is 4.79 Å². The van der Waals surface area contributed by atoms with Crippen LogP contribution in [0.25, 0.3) is 0 Å². The van der Waals surface area contributed by atoms with Gasteiger partial charge in [-0.1, -0.05) is 22.6 Å². The molecule has 0 fully saturated rings. The lowest BCUT2D eigenvalue weighted by atomic mass is 10.7. The molecule has 0 heterocycles. The van der Waals surface area contributed by atoms with E-state index >= 15 is 0 Å². The Morgan fingerprint density at radius 3 is 2.25 bits per heavy atom. The highest BCUT2D eigenvalue weighted by Gasteiger charge is 2.00. The first-order valence-electron chi connectivity index (χ1n) is 1.75. The van der Waals surface area contributed by atoms with E-state index < -0.39 is 12.0 Å². The van der Waals surface area contributed by atoms with Gasteiger partial charge in [0.05, 0.1) is 4.43 Å². The highest BCUT2D eigenvalue weighted by Crippen LogP contribution is 1.78. The second-order valence-electron chi connectivity index (χ2n) is 0.987. The largest absolute Gasteiger partial charge is 0.465 e. The number of hydrogen-bond acceptors (Lipinski definition) is 2. The summed E-state index contributed by atoms with van der Waals surface area (Å²) >= 11 is 1.77. The van der Waals surface area contributed by atoms with Gasteiger partial charge >= 0.3 is 6.09 Å². The zero-order valence-electron chi connectivity index (χ0n) is 3.85. The molecule has 8 heavy (non-hydrogen) atoms. The Balaban J connectivity index is 3.40. The van der Waals surface area contributed by atoms with Gasteiger partial charge in [-0.2, -0.15) is 0 Å². The van der Waals surface area contributed by atoms with Crippen LogP contribution in [0.3, 0.4) is 0 Å². The first-order chi connectivity index (χ1) is 3.66. The number of carbonyl (C=O) groups excluding carboxylic acids is 1. The monoisotopic (exact) mass is 229 g/mol. The summed E-state index contributed by atoms with van der Waals surface area (Å²) in [7, 11) is 0. The summed E-state index contributed by atoms with van der Waals surface area (Å²) in [6.07, 6.45) is -1.30. The second kappa shape index (κ2) is 3.65. The number of imide groups is 1. The molecule has 0 unspecified atom stereocenters. The molecule has 0 bridgehead atoms. The number of rotatable bonds is 1. The molecule has 0 aromatic heterocycles. The Bertz CT molecular complexity index is 113. The predicted molar refractivity (Wildman–Crippen MR) is 35.1 cm³/mol. The van der Waals surface area contributed by atoms with E-state index in [-0.39, 0.29) is 4.43 Å². The van der Waals surface area contributed by atoms with Crippen molar-refractivity contribution < 1.29 is 14.7 Å². The molecule has 46 valence electrons. The number of alkyl halides is 1. The van der Waals surface area contributed by atoms with Gasteiger partial charge in [0, 0.05) is 0 Å². The lowest BCUT2D eigenvalue weighted by Crippen LogP contribution is -2.29. The first kappa shape index (κ1) is 7.67. The van der Waals surface area contributed by atoms with Crippen LogP contribution in [0.1, 0.15) is 0 Å². The molecular weight excluding hydrogens is 225 g/mol. The van der Waals surface area contributed by atoms with Gasteiger partial charge in [0.1, 0.15) is 0 Å². The van der Waals surface area contributed by atoms with Crippen LogP contribution in [0, 0.1) is 0 Å². The number of hydrogen-bond donors (Lipinski definition) is 2. The maximum atomic E-state index is 10.1. The van der Waals surface area contributed by atoms with E-state index in [1.54, 1.807) is 27.9 Å². The van der Waals surface area contributed by atoms with E-state index in [1.165, 1.54) is 0 Å². The van der Waals surface area contributed by atoms with Crippen molar-refractivity contribution in [1.82, 2.24) is 5.32 Å². The molecule has 5 heteroatoms. The fraction of sp³-hybridized carbons (Fsp3) is 0.333. The molecule has 0 aliphatic heterocycles. The van der Waals surface area contributed by atoms with Gasteiger partial charge in [-0.3, -0.25) is 10.1 Å². The zero-order valence-corrected chi connectivity index (χ0v) is 6.01. The topological polar surface area (TPSA) is 66.4 Å². The molecule has 0 aliphatic carbocycles. The number of amides is 2. The van der Waals surface area contributed by atoms with Gasteiger partial charge in [0.25, 0.3) is 0 Å². The van der Waals surface area contributed by atoms with Crippen LogP contribution in [0.15, 0.2) is 0 Å². The number of nitrogens with one attached hydrogen (secondary N) is 1. The number of carboxylic acid groups (broad SMARTS) is 1. The molecule has 0 radical (unpaired) electrons. The summed E-state index contributed by atoms with van der Waals surface area (Å²) < 4.78 is 0.171. The van der Waals surface area contributed by atoms with E-state index in [0.717, 1.165) is 0 Å². The summed E-state index contributed by atoms with van der Waals surface area (Å²) in [5.74, 6) is -0.488. The average molecular weight is 229 g/mol. The molecule has 2 N–H and O–H groups in total. The van der Waals surface area contributed by atoms with Crippen molar-refractivity contribution in [3.05, 3.63) is 0 Å². The van der Waals surface area contributed by atoms with Crippen molar-refractivity contribution in [3.8, 4) is 0 Å². The Morgan fingerprint density at radius 1 is 1.62 bits per heavy atom. The van der Waals surface area contributed by atoms with E-state index in [4.69, 9.17) is 5.11 Å². The molecule has 0 rings (SSSR count). The predicted octanol–water partition coefficient (Wildman–Crippen LogP) is 0.216. The van der Waals surface area contributed by atoms with Crippen LogP contribution in [-0.4, -0.2) is 21.5 Å². The maximum Gasteiger partial charge on any atom is 0.411 e. The fourth-order valence-electron chi connectivity index (χ4n) is 0.153. The van der Waals surface area contributed by atoms with Crippen molar-refractivity contribution in [1.29, 1.82) is 0 Å². The van der Waals surface area contributed by atoms with Gasteiger partial charge < -0.3 is 5.11 Å². The van der Waals surface area contributed by atoms with Gasteiger partial charge in [-0.05, 0) is 0 Å². The lowest BCUT2D eigenvalue weighted by molar-refractivity contribution is -0.117. The molecule has 0 aromatic carbocycles. The van der Waals surface area contributed by atoms with Crippen LogP contribution in [-0.2, 0) is 4.79 Å². The molecule has 0 aliphatic rings. The fourth-order valence-corrected chi connectivity index (χ4v) is 0.343. The smallest absolute Gasteiger partial charge is 0.411 e. The van der Waals surface area contributed by atoms with Crippen molar-refractivity contribution in [2.45, 2.75) is 0 Å². The Labute approximate surface area is 59.4 Å². The minimum atomic E-state index is -1.30. The zero-order chi connectivity index (χ0) is 6.57. The van der Waals surface area contributed by atoms with E-state index in [0.29, 0.717) is 0 Å². The van der Waals surface area contributed by atoms with Crippen LogP contribution in [0.2, 0.25) is 0 Å². The third-order valence-corrected chi connectivity index (χ3v) is 1.06. The Hall–Kier alpha value is -0.330. The Morgan fingerprint density at radius 2 is 2.12 bits per heavy atom. The van der Waals surface area contributed by atoms with Crippen molar-refractivity contribution in [3.63, 3.8) is 0 Å². The van der Waals surface area contributed by atoms with E-state index in [1.807, 2.05) is 0 Å². The minimum Gasteiger partial charge on any atom is -0.465 e. The molecule has 0 saturated carbocycles. The summed E-state index contributed by atoms with van der Waals surface area (Å²) in [6, 6.07) is 0. The van der Waals surface area contributed by atoms with Crippen molar-refractivity contribution >= 4 is 34.6 Å². The van der Waals surface area contributed by atoms with Crippen molar-refractivity contribution in [2.75, 3.05) is 4.43 Å². The van der Waals surface area contributed by atoms with Gasteiger partial charge in [0.15, 0.2) is 0 Å². The van der Waals surface area contributed by atoms with E-state index in [9.17, 15) is 9.59 Å². The standard InChI is InChI=1S/C3H4INO3/c4-1-2(6)5-3(7)8/h1H2,(H,5,6)(H,7,8). The summed E-state index contributed by atoms with van der Waals surface area (Å²) in [5.41, 5.74) is 0. The third-order valence-electron chi connectivity index (χ3n) is 0.368. The molecule has 2 amide bonds. The van der Waals surface area contributed by atoms with Gasteiger partial charge in [0.2, 0.25) is 5.91 Å². The molecule has 0 atom stereocenters. The highest BCUT2D eigenvalue weighted by molar-refractivity contribution is 14.1. The maximum absolute atomic E-state index is 10.1. The molecule has 4 nitrogen and oxygen atoms in total. The van der Waals surface area contributed by atoms with Crippen molar-refractivity contribution in [2.24, 2.45) is 0 Å². The molecule has 0 aromatic rings. The summed E-state index contributed by atoms with van der Waals surface area (Å²) in [5, 5.41) is 9.54. The average Bonchev–Trinajstić information content (AvgIpc) is 1.65. The highest BCUT2D eigenvalue weighted by atomic mass is 127. The minimum absolute atomic E-state index is 0.171. The second-order valence-corrected chi connectivity index (χ2v) is 1.75. The first-order valence-corrected chi connectivity index (χ1v) is 3.28. The van der Waals surface area contributed by atoms with Crippen LogP contribution in [0.5, 0.6) is 0 Å².